The minimum atomic E-state index is -1.55. The van der Waals surface area contributed by atoms with E-state index in [1.807, 2.05) is 24.3 Å². The molecule has 0 saturated carbocycles. The molecule has 0 aliphatic carbocycles. The van der Waals surface area contributed by atoms with E-state index in [4.69, 9.17) is 16.3 Å². The van der Waals surface area contributed by atoms with Crippen LogP contribution in [0.5, 0.6) is 0 Å². The number of hydrogen-bond donors (Lipinski definition) is 1. The molecular weight excluding hydrogens is 326 g/mol. The van der Waals surface area contributed by atoms with Gasteiger partial charge in [-0.3, -0.25) is 15.1 Å². The normalized spacial score (nSPS) is 27.0. The van der Waals surface area contributed by atoms with Crippen molar-refractivity contribution < 1.29 is 13.7 Å². The lowest BCUT2D eigenvalue weighted by Crippen LogP contribution is -2.47. The van der Waals surface area contributed by atoms with Crippen LogP contribution in [0.3, 0.4) is 0 Å². The molecule has 0 spiro atoms. The fourth-order valence-corrected chi connectivity index (χ4v) is 3.86. The van der Waals surface area contributed by atoms with Crippen LogP contribution in [0.15, 0.2) is 24.3 Å². The van der Waals surface area contributed by atoms with E-state index >= 15 is 0 Å². The molecule has 120 valence electrons. The zero-order valence-electron chi connectivity index (χ0n) is 12.0. The van der Waals surface area contributed by atoms with Gasteiger partial charge in [0, 0.05) is 31.2 Å². The van der Waals surface area contributed by atoms with E-state index in [9.17, 15) is 9.00 Å². The monoisotopic (exact) mass is 343 g/mol. The predicted octanol–water partition coefficient (Wildman–Crippen LogP) is 1.19. The molecule has 8 heteroatoms. The highest BCUT2D eigenvalue weighted by molar-refractivity contribution is 8.01. The van der Waals surface area contributed by atoms with E-state index in [2.05, 4.69) is 10.3 Å². The van der Waals surface area contributed by atoms with E-state index in [0.717, 1.165) is 18.7 Å². The van der Waals surface area contributed by atoms with Gasteiger partial charge in [0.15, 0.2) is 0 Å². The lowest BCUT2D eigenvalue weighted by Gasteiger charge is -2.31. The average Bonchev–Trinajstić information content (AvgIpc) is 2.78. The van der Waals surface area contributed by atoms with Gasteiger partial charge in [-0.2, -0.15) is 5.01 Å². The van der Waals surface area contributed by atoms with E-state index in [1.54, 1.807) is 5.01 Å². The van der Waals surface area contributed by atoms with E-state index < -0.39 is 16.0 Å². The quantitative estimate of drug-likeness (QED) is 0.889. The van der Waals surface area contributed by atoms with Crippen LogP contribution in [0.2, 0.25) is 5.02 Å². The summed E-state index contributed by atoms with van der Waals surface area (Å²) in [6.07, 6.45) is 0. The molecule has 2 aliphatic heterocycles. The number of amides is 1. The van der Waals surface area contributed by atoms with Crippen molar-refractivity contribution in [2.75, 3.05) is 32.8 Å². The maximum Gasteiger partial charge on any atom is 0.325 e. The Bertz CT molecular complexity index is 563. The molecule has 2 heterocycles. The van der Waals surface area contributed by atoms with Crippen LogP contribution in [0.4, 0.5) is 4.79 Å². The zero-order chi connectivity index (χ0) is 15.5. The molecule has 1 amide bonds. The summed E-state index contributed by atoms with van der Waals surface area (Å²) >= 11 is 5.88. The fourth-order valence-electron chi connectivity index (χ4n) is 2.57. The highest BCUT2D eigenvalue weighted by Gasteiger charge is 2.39. The second-order valence-electron chi connectivity index (χ2n) is 5.32. The molecule has 3 rings (SSSR count). The molecule has 0 bridgehead atoms. The summed E-state index contributed by atoms with van der Waals surface area (Å²) < 4.78 is 17.5. The van der Waals surface area contributed by atoms with E-state index in [1.165, 1.54) is 0 Å². The molecule has 1 N–H and O–H groups in total. The van der Waals surface area contributed by atoms with Crippen LogP contribution in [-0.2, 0) is 22.1 Å². The summed E-state index contributed by atoms with van der Waals surface area (Å²) in [5.74, 6) is 0. The lowest BCUT2D eigenvalue weighted by atomic mass is 10.2. The van der Waals surface area contributed by atoms with Gasteiger partial charge < -0.3 is 4.74 Å². The summed E-state index contributed by atoms with van der Waals surface area (Å²) in [4.78, 5) is 13.9. The van der Waals surface area contributed by atoms with Gasteiger partial charge in [0.05, 0.1) is 13.2 Å². The Morgan fingerprint density at radius 3 is 2.64 bits per heavy atom. The Kier molecular flexibility index (Phi) is 5.10. The lowest BCUT2D eigenvalue weighted by molar-refractivity contribution is 0.0283. The van der Waals surface area contributed by atoms with Crippen LogP contribution in [-0.4, -0.2) is 57.6 Å². The minimum Gasteiger partial charge on any atom is -0.379 e. The molecule has 2 atom stereocenters. The van der Waals surface area contributed by atoms with Gasteiger partial charge in [0.25, 0.3) is 0 Å². The Morgan fingerprint density at radius 2 is 1.95 bits per heavy atom. The summed E-state index contributed by atoms with van der Waals surface area (Å²) in [6, 6.07) is 7.43. The van der Waals surface area contributed by atoms with Crippen molar-refractivity contribution in [3.05, 3.63) is 34.9 Å². The first-order valence-corrected chi connectivity index (χ1v) is 8.75. The molecule has 0 aromatic heterocycles. The van der Waals surface area contributed by atoms with Crippen molar-refractivity contribution in [3.8, 4) is 0 Å². The topological polar surface area (TPSA) is 61.9 Å². The molecule has 2 unspecified atom stereocenters. The van der Waals surface area contributed by atoms with Crippen LogP contribution in [0.25, 0.3) is 0 Å². The van der Waals surface area contributed by atoms with E-state index in [0.29, 0.717) is 31.3 Å². The molecule has 2 aliphatic rings. The fraction of sp³-hybridized carbons (Fsp3) is 0.500. The first-order valence-electron chi connectivity index (χ1n) is 7.16. The van der Waals surface area contributed by atoms with Crippen LogP contribution in [0.1, 0.15) is 5.56 Å². The first kappa shape index (κ1) is 15.9. The predicted molar refractivity (Wildman–Crippen MR) is 84.7 cm³/mol. The number of nitrogens with one attached hydrogen (secondary N) is 1. The molecule has 1 aromatic carbocycles. The van der Waals surface area contributed by atoms with Gasteiger partial charge >= 0.3 is 5.24 Å². The van der Waals surface area contributed by atoms with Gasteiger partial charge in [-0.25, -0.2) is 4.21 Å². The van der Waals surface area contributed by atoms with Crippen molar-refractivity contribution in [2.45, 2.75) is 11.9 Å². The molecule has 0 radical (unpaired) electrons. The summed E-state index contributed by atoms with van der Waals surface area (Å²) in [7, 11) is -1.55. The Hall–Kier alpha value is -0.990. The Labute approximate surface area is 136 Å². The van der Waals surface area contributed by atoms with Gasteiger partial charge in [-0.05, 0) is 17.7 Å². The molecular formula is C14H18ClN3O3S. The zero-order valence-corrected chi connectivity index (χ0v) is 13.6. The molecule has 2 fully saturated rings. The second kappa shape index (κ2) is 7.06. The van der Waals surface area contributed by atoms with Crippen molar-refractivity contribution >= 4 is 27.6 Å². The van der Waals surface area contributed by atoms with Gasteiger partial charge in [-0.1, -0.05) is 23.7 Å². The van der Waals surface area contributed by atoms with Gasteiger partial charge in [-0.15, -0.1) is 0 Å². The number of hydrazine groups is 1. The maximum atomic E-state index is 12.2. The number of ether oxygens (including phenoxy) is 1. The maximum absolute atomic E-state index is 12.2. The largest absolute Gasteiger partial charge is 0.379 e. The number of carbonyl (C=O) groups excluding carboxylic acids is 1. The van der Waals surface area contributed by atoms with Crippen molar-refractivity contribution in [1.29, 1.82) is 0 Å². The molecule has 6 nitrogen and oxygen atoms in total. The van der Waals surface area contributed by atoms with Crippen molar-refractivity contribution in [1.82, 2.24) is 15.3 Å². The number of benzene rings is 1. The SMILES string of the molecule is O=C1NN(Cc2ccc(Cl)cc2)C(CN2CCOCC2)S1=O. The Morgan fingerprint density at radius 1 is 1.27 bits per heavy atom. The van der Waals surface area contributed by atoms with Crippen molar-refractivity contribution in [2.24, 2.45) is 0 Å². The number of morpholine rings is 1. The molecule has 1 aromatic rings. The summed E-state index contributed by atoms with van der Waals surface area (Å²) in [6.45, 7) is 4.05. The number of carbonyl (C=O) groups is 1. The summed E-state index contributed by atoms with van der Waals surface area (Å²) in [5, 5.41) is 1.66. The second-order valence-corrected chi connectivity index (χ2v) is 7.26. The smallest absolute Gasteiger partial charge is 0.325 e. The standard InChI is InChI=1S/C14H18ClN3O3S/c15-12-3-1-11(2-4-12)9-18-13(22(20)14(19)16-18)10-17-5-7-21-8-6-17/h1-4,13H,5-10H2,(H,16,19). The molecule has 2 saturated heterocycles. The third-order valence-corrected chi connectivity index (χ3v) is 5.40. The van der Waals surface area contributed by atoms with Crippen molar-refractivity contribution in [3.63, 3.8) is 0 Å². The van der Waals surface area contributed by atoms with Crippen LogP contribution < -0.4 is 5.43 Å². The number of hydrogen-bond acceptors (Lipinski definition) is 5. The molecule has 22 heavy (non-hydrogen) atoms. The number of rotatable bonds is 4. The Balaban J connectivity index is 1.68. The third kappa shape index (κ3) is 3.67. The highest BCUT2D eigenvalue weighted by Crippen LogP contribution is 2.18. The third-order valence-electron chi connectivity index (χ3n) is 3.80. The van der Waals surface area contributed by atoms with Gasteiger partial charge in [0.2, 0.25) is 0 Å². The van der Waals surface area contributed by atoms with Crippen LogP contribution in [0, 0.1) is 0 Å². The van der Waals surface area contributed by atoms with Crippen LogP contribution >= 0.6 is 11.6 Å². The van der Waals surface area contributed by atoms with E-state index in [-0.39, 0.29) is 5.37 Å². The average molecular weight is 344 g/mol. The number of nitrogens with zero attached hydrogens (tertiary/aromatic N) is 2. The minimum absolute atomic E-state index is 0.346. The number of halogens is 1. The summed E-state index contributed by atoms with van der Waals surface area (Å²) in [5.41, 5.74) is 3.72. The van der Waals surface area contributed by atoms with Gasteiger partial charge in [0.1, 0.15) is 16.2 Å². The first-order chi connectivity index (χ1) is 10.6. The highest BCUT2D eigenvalue weighted by atomic mass is 35.5.